The molecule has 1 saturated heterocycles. The first-order valence-corrected chi connectivity index (χ1v) is 6.22. The third-order valence-electron chi connectivity index (χ3n) is 2.76. The highest BCUT2D eigenvalue weighted by Crippen LogP contribution is 2.29. The standard InChI is InChI=1S/C12H14BrNO3/c1-8-2-3-11(10(13)4-8)14-5-9(6-15)7-17-12(14)16/h2-4,9,15H,5-7H2,1H3. The van der Waals surface area contributed by atoms with Crippen molar-refractivity contribution in [3.63, 3.8) is 0 Å². The summed E-state index contributed by atoms with van der Waals surface area (Å²) in [6, 6.07) is 5.77. The van der Waals surface area contributed by atoms with Crippen LogP contribution in [0.4, 0.5) is 10.5 Å². The van der Waals surface area contributed by atoms with Crippen molar-refractivity contribution in [2.24, 2.45) is 5.92 Å². The van der Waals surface area contributed by atoms with E-state index in [4.69, 9.17) is 9.84 Å². The van der Waals surface area contributed by atoms with E-state index >= 15 is 0 Å². The first-order chi connectivity index (χ1) is 8.11. The zero-order chi connectivity index (χ0) is 12.4. The molecule has 0 aliphatic carbocycles. The molecule has 0 aromatic heterocycles. The molecule has 1 fully saturated rings. The summed E-state index contributed by atoms with van der Waals surface area (Å²) in [6.07, 6.45) is -0.362. The third-order valence-corrected chi connectivity index (χ3v) is 3.39. The molecular formula is C12H14BrNO3. The Balaban J connectivity index is 2.27. The Bertz CT molecular complexity index is 436. The van der Waals surface area contributed by atoms with Crippen LogP contribution in [0.25, 0.3) is 0 Å². The Kier molecular flexibility index (Phi) is 3.69. The normalized spacial score (nSPS) is 20.3. The number of ether oxygens (including phenoxy) is 1. The zero-order valence-corrected chi connectivity index (χ0v) is 11.1. The van der Waals surface area contributed by atoms with Crippen molar-refractivity contribution in [3.05, 3.63) is 28.2 Å². The maximum absolute atomic E-state index is 11.7. The van der Waals surface area contributed by atoms with Gasteiger partial charge in [0.05, 0.1) is 18.9 Å². The van der Waals surface area contributed by atoms with E-state index in [0.717, 1.165) is 15.7 Å². The molecule has 1 aliphatic heterocycles. The van der Waals surface area contributed by atoms with E-state index in [1.165, 1.54) is 0 Å². The van der Waals surface area contributed by atoms with E-state index in [-0.39, 0.29) is 25.2 Å². The second-order valence-corrected chi connectivity index (χ2v) is 5.05. The Hall–Kier alpha value is -1.07. The number of aliphatic hydroxyl groups is 1. The van der Waals surface area contributed by atoms with Crippen molar-refractivity contribution in [2.75, 3.05) is 24.7 Å². The molecule has 1 aromatic carbocycles. The monoisotopic (exact) mass is 299 g/mol. The zero-order valence-electron chi connectivity index (χ0n) is 9.52. The number of anilines is 1. The van der Waals surface area contributed by atoms with Gasteiger partial charge in [-0.3, -0.25) is 4.90 Å². The molecule has 1 N–H and O–H groups in total. The second kappa shape index (κ2) is 5.06. The van der Waals surface area contributed by atoms with E-state index in [2.05, 4.69) is 15.9 Å². The summed E-state index contributed by atoms with van der Waals surface area (Å²) in [5.41, 5.74) is 1.89. The average Bonchev–Trinajstić information content (AvgIpc) is 2.30. The number of cyclic esters (lactones) is 1. The average molecular weight is 300 g/mol. The van der Waals surface area contributed by atoms with E-state index in [0.29, 0.717) is 6.54 Å². The molecule has 0 spiro atoms. The Morgan fingerprint density at radius 2 is 2.35 bits per heavy atom. The maximum atomic E-state index is 11.7. The minimum atomic E-state index is -0.362. The molecule has 1 heterocycles. The largest absolute Gasteiger partial charge is 0.449 e. The summed E-state index contributed by atoms with van der Waals surface area (Å²) in [4.78, 5) is 13.2. The lowest BCUT2D eigenvalue weighted by atomic mass is 10.1. The first kappa shape index (κ1) is 12.4. The van der Waals surface area contributed by atoms with Crippen molar-refractivity contribution < 1.29 is 14.6 Å². The third kappa shape index (κ3) is 2.61. The highest BCUT2D eigenvalue weighted by molar-refractivity contribution is 9.10. The second-order valence-electron chi connectivity index (χ2n) is 4.19. The molecule has 1 unspecified atom stereocenters. The topological polar surface area (TPSA) is 49.8 Å². The molecule has 0 radical (unpaired) electrons. The lowest BCUT2D eigenvalue weighted by Crippen LogP contribution is -2.44. The molecular weight excluding hydrogens is 286 g/mol. The Morgan fingerprint density at radius 3 is 3.00 bits per heavy atom. The van der Waals surface area contributed by atoms with Crippen molar-refractivity contribution in [1.29, 1.82) is 0 Å². The van der Waals surface area contributed by atoms with Crippen LogP contribution in [0.5, 0.6) is 0 Å². The van der Waals surface area contributed by atoms with Crippen molar-refractivity contribution in [1.82, 2.24) is 0 Å². The highest BCUT2D eigenvalue weighted by Gasteiger charge is 2.28. The van der Waals surface area contributed by atoms with Crippen LogP contribution in [0.3, 0.4) is 0 Å². The number of halogens is 1. The Labute approximate surface area is 108 Å². The van der Waals surface area contributed by atoms with E-state index in [1.807, 2.05) is 25.1 Å². The van der Waals surface area contributed by atoms with Gasteiger partial charge in [-0.2, -0.15) is 0 Å². The molecule has 1 atom stereocenters. The van der Waals surface area contributed by atoms with Gasteiger partial charge >= 0.3 is 6.09 Å². The molecule has 1 aromatic rings. The van der Waals surface area contributed by atoms with Gasteiger partial charge in [0, 0.05) is 16.9 Å². The molecule has 0 saturated carbocycles. The van der Waals surface area contributed by atoms with Crippen LogP contribution in [-0.4, -0.2) is 31.0 Å². The predicted molar refractivity (Wildman–Crippen MR) is 68.1 cm³/mol. The fourth-order valence-electron chi connectivity index (χ4n) is 1.79. The summed E-state index contributed by atoms with van der Waals surface area (Å²) >= 11 is 3.44. The number of aryl methyl sites for hydroxylation is 1. The number of benzene rings is 1. The van der Waals surface area contributed by atoms with Gasteiger partial charge in [0.1, 0.15) is 0 Å². The van der Waals surface area contributed by atoms with Gasteiger partial charge in [-0.1, -0.05) is 6.07 Å². The van der Waals surface area contributed by atoms with Crippen molar-refractivity contribution in [3.8, 4) is 0 Å². The van der Waals surface area contributed by atoms with Crippen LogP contribution in [0, 0.1) is 12.8 Å². The number of rotatable bonds is 2. The maximum Gasteiger partial charge on any atom is 0.414 e. The first-order valence-electron chi connectivity index (χ1n) is 5.43. The predicted octanol–water partition coefficient (Wildman–Crippen LogP) is 2.32. The minimum Gasteiger partial charge on any atom is -0.449 e. The molecule has 92 valence electrons. The highest BCUT2D eigenvalue weighted by atomic mass is 79.9. The van der Waals surface area contributed by atoms with Gasteiger partial charge in [-0.25, -0.2) is 4.79 Å². The van der Waals surface area contributed by atoms with Gasteiger partial charge in [-0.15, -0.1) is 0 Å². The summed E-state index contributed by atoms with van der Waals surface area (Å²) < 4.78 is 5.89. The van der Waals surface area contributed by atoms with Crippen LogP contribution in [0.2, 0.25) is 0 Å². The lowest BCUT2D eigenvalue weighted by Gasteiger charge is -2.31. The fraction of sp³-hybridized carbons (Fsp3) is 0.417. The van der Waals surface area contributed by atoms with E-state index in [1.54, 1.807) is 4.90 Å². The Morgan fingerprint density at radius 1 is 1.59 bits per heavy atom. The van der Waals surface area contributed by atoms with Crippen LogP contribution in [0.1, 0.15) is 5.56 Å². The van der Waals surface area contributed by atoms with Gasteiger partial charge in [0.15, 0.2) is 0 Å². The minimum absolute atomic E-state index is 0.0211. The number of aliphatic hydroxyl groups excluding tert-OH is 1. The number of hydrogen-bond acceptors (Lipinski definition) is 3. The van der Waals surface area contributed by atoms with Crippen molar-refractivity contribution in [2.45, 2.75) is 6.92 Å². The SMILES string of the molecule is Cc1ccc(N2CC(CO)COC2=O)c(Br)c1. The van der Waals surface area contributed by atoms with Gasteiger partial charge in [0.25, 0.3) is 0 Å². The summed E-state index contributed by atoms with van der Waals surface area (Å²) in [7, 11) is 0. The van der Waals surface area contributed by atoms with Gasteiger partial charge < -0.3 is 9.84 Å². The summed E-state index contributed by atoms with van der Waals surface area (Å²) in [6.45, 7) is 2.78. The van der Waals surface area contributed by atoms with Crippen LogP contribution in [0.15, 0.2) is 22.7 Å². The van der Waals surface area contributed by atoms with Gasteiger partial charge in [0.2, 0.25) is 0 Å². The number of carbonyl (C=O) groups excluding carboxylic acids is 1. The molecule has 5 heteroatoms. The van der Waals surface area contributed by atoms with Crippen LogP contribution >= 0.6 is 15.9 Å². The summed E-state index contributed by atoms with van der Waals surface area (Å²) in [5, 5.41) is 9.13. The van der Waals surface area contributed by atoms with E-state index in [9.17, 15) is 4.79 Å². The molecule has 0 bridgehead atoms. The van der Waals surface area contributed by atoms with E-state index < -0.39 is 0 Å². The molecule has 17 heavy (non-hydrogen) atoms. The molecule has 2 rings (SSSR count). The fourth-order valence-corrected chi connectivity index (χ4v) is 2.50. The van der Waals surface area contributed by atoms with Gasteiger partial charge in [-0.05, 0) is 40.5 Å². The molecule has 1 amide bonds. The smallest absolute Gasteiger partial charge is 0.414 e. The number of hydrogen-bond donors (Lipinski definition) is 1. The van der Waals surface area contributed by atoms with Crippen LogP contribution < -0.4 is 4.90 Å². The number of amides is 1. The number of carbonyl (C=O) groups is 1. The van der Waals surface area contributed by atoms with Crippen molar-refractivity contribution >= 4 is 27.7 Å². The van der Waals surface area contributed by atoms with Crippen LogP contribution in [-0.2, 0) is 4.74 Å². The number of nitrogens with zero attached hydrogens (tertiary/aromatic N) is 1. The summed E-state index contributed by atoms with van der Waals surface area (Å²) in [5.74, 6) is -0.0269. The molecule has 4 nitrogen and oxygen atoms in total. The quantitative estimate of drug-likeness (QED) is 0.912. The molecule has 1 aliphatic rings. The lowest BCUT2D eigenvalue weighted by molar-refractivity contribution is 0.0899.